The fourth-order valence-corrected chi connectivity index (χ4v) is 6.08. The van der Waals surface area contributed by atoms with E-state index in [1.807, 2.05) is 0 Å². The second-order valence-corrected chi connectivity index (χ2v) is 12.0. The van der Waals surface area contributed by atoms with E-state index in [0.29, 0.717) is 11.1 Å². The summed E-state index contributed by atoms with van der Waals surface area (Å²) in [5, 5.41) is 5.71. The van der Waals surface area contributed by atoms with Crippen molar-refractivity contribution in [2.24, 2.45) is 0 Å². The Hall–Kier alpha value is -3.36. The van der Waals surface area contributed by atoms with E-state index >= 15 is 0 Å². The summed E-state index contributed by atoms with van der Waals surface area (Å²) in [4.78, 5) is 26.6. The molecule has 0 fully saturated rings. The van der Waals surface area contributed by atoms with Gasteiger partial charge < -0.3 is 15.2 Å². The maximum Gasteiger partial charge on any atom is 1.00 e. The maximum absolute atomic E-state index is 13.7. The predicted molar refractivity (Wildman–Crippen MR) is 146 cm³/mol. The molecule has 1 aliphatic carbocycles. The first kappa shape index (κ1) is 30.6. The first-order chi connectivity index (χ1) is 18.8. The van der Waals surface area contributed by atoms with Crippen LogP contribution in [0.15, 0.2) is 82.6 Å². The van der Waals surface area contributed by atoms with Crippen molar-refractivity contribution >= 4 is 54.6 Å². The molecule has 0 heterocycles. The molecule has 3 N–H and O–H groups in total. The number of ketones is 2. The number of hydrogen-bond donors (Lipinski definition) is 3. The number of hydrogen-bond acceptors (Lipinski definition) is 9. The van der Waals surface area contributed by atoms with Crippen LogP contribution >= 0.6 is 0 Å². The molecule has 10 nitrogen and oxygen atoms in total. The van der Waals surface area contributed by atoms with Gasteiger partial charge in [-0.15, -0.1) is 0 Å². The van der Waals surface area contributed by atoms with Crippen LogP contribution in [0, 0.1) is 13.8 Å². The molecule has 0 amide bonds. The van der Waals surface area contributed by atoms with E-state index < -0.39 is 41.6 Å². The summed E-state index contributed by atoms with van der Waals surface area (Å²) in [6.45, 7) is 3.28. The molecule has 0 atom stereocenters. The largest absolute Gasteiger partial charge is 1.00 e. The molecular formula is C28H21N2NaO8S2. The van der Waals surface area contributed by atoms with Gasteiger partial charge in [0, 0.05) is 11.1 Å². The molecule has 0 radical (unpaired) electrons. The number of anilines is 4. The van der Waals surface area contributed by atoms with E-state index in [9.17, 15) is 35.5 Å². The van der Waals surface area contributed by atoms with Gasteiger partial charge in [0.2, 0.25) is 0 Å². The van der Waals surface area contributed by atoms with Gasteiger partial charge in [-0.25, -0.2) is 8.42 Å². The van der Waals surface area contributed by atoms with E-state index in [-0.39, 0.29) is 74.6 Å². The first-order valence-corrected chi connectivity index (χ1v) is 14.6. The minimum Gasteiger partial charge on any atom is -0.744 e. The van der Waals surface area contributed by atoms with Crippen molar-refractivity contribution in [1.29, 1.82) is 0 Å². The molecule has 4 aromatic rings. The molecule has 5 rings (SSSR count). The van der Waals surface area contributed by atoms with E-state index in [1.54, 1.807) is 26.0 Å². The van der Waals surface area contributed by atoms with Crippen LogP contribution in [0.2, 0.25) is 0 Å². The molecule has 204 valence electrons. The number of aryl methyl sites for hydroxylation is 2. The molecule has 41 heavy (non-hydrogen) atoms. The van der Waals surface area contributed by atoms with E-state index in [0.717, 1.165) is 0 Å². The van der Waals surface area contributed by atoms with Crippen LogP contribution in [0.4, 0.5) is 22.7 Å². The summed E-state index contributed by atoms with van der Waals surface area (Å²) >= 11 is 0. The normalized spacial score (nSPS) is 12.7. The van der Waals surface area contributed by atoms with Gasteiger partial charge in [0.15, 0.2) is 11.6 Å². The Morgan fingerprint density at radius 1 is 0.634 bits per heavy atom. The van der Waals surface area contributed by atoms with Crippen LogP contribution in [0.5, 0.6) is 0 Å². The molecule has 13 heteroatoms. The van der Waals surface area contributed by atoms with Gasteiger partial charge in [0.1, 0.15) is 15.0 Å². The summed E-state index contributed by atoms with van der Waals surface area (Å²) < 4.78 is 69.3. The molecule has 0 aromatic heterocycles. The van der Waals surface area contributed by atoms with Gasteiger partial charge >= 0.3 is 29.6 Å². The number of carbonyl (C=O) groups excluding carboxylic acids is 2. The summed E-state index contributed by atoms with van der Waals surface area (Å²) in [6, 6.07) is 17.4. The molecule has 0 saturated heterocycles. The van der Waals surface area contributed by atoms with E-state index in [1.165, 1.54) is 60.7 Å². The number of carbonyl (C=O) groups is 2. The Morgan fingerprint density at radius 3 is 1.46 bits per heavy atom. The molecule has 0 unspecified atom stereocenters. The van der Waals surface area contributed by atoms with Crippen molar-refractivity contribution in [1.82, 2.24) is 0 Å². The predicted octanol–water partition coefficient (Wildman–Crippen LogP) is 1.72. The van der Waals surface area contributed by atoms with Crippen LogP contribution in [-0.2, 0) is 20.2 Å². The van der Waals surface area contributed by atoms with Crippen LogP contribution in [-0.4, -0.2) is 37.5 Å². The van der Waals surface area contributed by atoms with E-state index in [4.69, 9.17) is 0 Å². The van der Waals surface area contributed by atoms with Crippen molar-refractivity contribution in [2.75, 3.05) is 10.6 Å². The topological polar surface area (TPSA) is 170 Å². The molecule has 0 bridgehead atoms. The minimum atomic E-state index is -4.86. The third-order valence-electron chi connectivity index (χ3n) is 6.43. The van der Waals surface area contributed by atoms with Gasteiger partial charge in [-0.2, -0.15) is 8.42 Å². The second kappa shape index (κ2) is 11.1. The molecule has 0 saturated carbocycles. The Balaban J connectivity index is 0.00000387. The average molecular weight is 601 g/mol. The quantitative estimate of drug-likeness (QED) is 0.193. The van der Waals surface area contributed by atoms with Crippen molar-refractivity contribution in [3.05, 3.63) is 106 Å². The Labute approximate surface area is 258 Å². The maximum atomic E-state index is 13.7. The first-order valence-electron chi connectivity index (χ1n) is 11.8. The number of benzene rings is 4. The minimum absolute atomic E-state index is 0. The third-order valence-corrected chi connectivity index (χ3v) is 8.20. The summed E-state index contributed by atoms with van der Waals surface area (Å²) in [5.41, 5.74) is 1.38. The van der Waals surface area contributed by atoms with Crippen molar-refractivity contribution in [3.8, 4) is 0 Å². The zero-order valence-corrected chi connectivity index (χ0v) is 25.7. The standard InChI is InChI=1S/C28H22N2O8S2.Na/c1-15-9-11-19(23(13-15)39(33,34)35)29-21-7-3-5-17-25(21)27(31)18-6-4-8-22(26(18)28(17)32)30-20-12-10-16(2)14-24(20)40(36,37)38;/h3-14,29-30H,1-2H3,(H,33,34,35)(H,36,37,38);/q;+1/p-1. The Bertz CT molecular complexity index is 1830. The molecule has 0 spiro atoms. The zero-order chi connectivity index (χ0) is 29.0. The molecule has 1 aliphatic rings. The number of rotatable bonds is 6. The fourth-order valence-electron chi connectivity index (χ4n) is 4.63. The van der Waals surface area contributed by atoms with Crippen LogP contribution in [0.3, 0.4) is 0 Å². The van der Waals surface area contributed by atoms with Gasteiger partial charge in [-0.05, 0) is 61.4 Å². The second-order valence-electron chi connectivity index (χ2n) is 9.29. The monoisotopic (exact) mass is 600 g/mol. The molecule has 0 aliphatic heterocycles. The van der Waals surface area contributed by atoms with Crippen molar-refractivity contribution < 1.29 is 65.1 Å². The van der Waals surface area contributed by atoms with Gasteiger partial charge in [-0.3, -0.25) is 14.1 Å². The van der Waals surface area contributed by atoms with Crippen molar-refractivity contribution in [2.45, 2.75) is 23.6 Å². The average Bonchev–Trinajstić information content (AvgIpc) is 2.88. The number of nitrogens with one attached hydrogen (secondary N) is 2. The Morgan fingerprint density at radius 2 is 1.05 bits per heavy atom. The van der Waals surface area contributed by atoms with Crippen molar-refractivity contribution in [3.63, 3.8) is 0 Å². The molecule has 4 aromatic carbocycles. The summed E-state index contributed by atoms with van der Waals surface area (Å²) in [7, 11) is -9.47. The van der Waals surface area contributed by atoms with Gasteiger partial charge in [0.25, 0.3) is 10.1 Å². The third kappa shape index (κ3) is 5.86. The van der Waals surface area contributed by atoms with Gasteiger partial charge in [0.05, 0.1) is 38.8 Å². The SMILES string of the molecule is Cc1ccc(Nc2cccc3c2C(=O)c2cccc(Nc4ccc(C)cc4S(=O)(=O)O)c2C3=O)c(S(=O)(=O)[O-])c1.[Na+]. The Kier molecular flexibility index (Phi) is 8.31. The number of fused-ring (bicyclic) bond motifs is 2. The fraction of sp³-hybridized carbons (Fsp3) is 0.0714. The van der Waals surface area contributed by atoms with Gasteiger partial charge in [-0.1, -0.05) is 36.4 Å². The summed E-state index contributed by atoms with van der Waals surface area (Å²) in [5.74, 6) is -1.09. The zero-order valence-electron chi connectivity index (χ0n) is 22.0. The van der Waals surface area contributed by atoms with Crippen LogP contribution < -0.4 is 40.2 Å². The van der Waals surface area contributed by atoms with Crippen LogP contribution in [0.25, 0.3) is 0 Å². The van der Waals surface area contributed by atoms with Crippen LogP contribution in [0.1, 0.15) is 43.0 Å². The smallest absolute Gasteiger partial charge is 0.744 e. The molecular weight excluding hydrogens is 579 g/mol. The summed E-state index contributed by atoms with van der Waals surface area (Å²) in [6.07, 6.45) is 0. The van der Waals surface area contributed by atoms with E-state index in [2.05, 4.69) is 10.6 Å².